The number of aromatic nitrogens is 3. The van der Waals surface area contributed by atoms with Crippen LogP contribution in [0.25, 0.3) is 11.0 Å². The van der Waals surface area contributed by atoms with Crippen molar-refractivity contribution in [3.63, 3.8) is 0 Å². The van der Waals surface area contributed by atoms with Crippen LogP contribution in [0.15, 0.2) is 11.0 Å². The average Bonchev–Trinajstić information content (AvgIpc) is 2.57. The molecule has 2 aromatic heterocycles. The molecule has 0 aromatic carbocycles. The zero-order chi connectivity index (χ0) is 14.2. The molecule has 2 aromatic rings. The van der Waals surface area contributed by atoms with Gasteiger partial charge in [-0.1, -0.05) is 0 Å². The van der Waals surface area contributed by atoms with E-state index in [0.29, 0.717) is 22.1 Å². The van der Waals surface area contributed by atoms with E-state index in [4.69, 9.17) is 0 Å². The smallest absolute Gasteiger partial charge is 0.262 e. The lowest BCUT2D eigenvalue weighted by atomic mass is 10.2. The number of fused-ring (bicyclic) bond motifs is 1. The largest absolute Gasteiger partial charge is 0.345 e. The van der Waals surface area contributed by atoms with E-state index in [2.05, 4.69) is 20.3 Å². The Morgan fingerprint density at radius 1 is 1.42 bits per heavy atom. The van der Waals surface area contributed by atoms with Crippen LogP contribution in [0.1, 0.15) is 12.5 Å². The molecular weight excluding hydrogens is 246 g/mol. The van der Waals surface area contributed by atoms with Gasteiger partial charge >= 0.3 is 0 Å². The molecule has 2 rings (SSSR count). The SMILES string of the molecule is CC(=O)Nc1nc2[nH]cc(C[N+](C)(C)C)c2c(=O)[nH]1. The summed E-state index contributed by atoms with van der Waals surface area (Å²) < 4.78 is 0.708. The van der Waals surface area contributed by atoms with Crippen molar-refractivity contribution in [2.24, 2.45) is 0 Å². The number of nitrogens with zero attached hydrogens (tertiary/aromatic N) is 2. The molecule has 0 atom stereocenters. The molecule has 0 aliphatic carbocycles. The molecule has 0 bridgehead atoms. The molecule has 19 heavy (non-hydrogen) atoms. The number of nitrogens with one attached hydrogen (secondary N) is 3. The summed E-state index contributed by atoms with van der Waals surface area (Å²) in [5.41, 5.74) is 1.14. The highest BCUT2D eigenvalue weighted by Crippen LogP contribution is 2.16. The lowest BCUT2D eigenvalue weighted by molar-refractivity contribution is -0.883. The first-order chi connectivity index (χ1) is 8.76. The highest BCUT2D eigenvalue weighted by Gasteiger charge is 2.16. The van der Waals surface area contributed by atoms with Gasteiger partial charge in [0, 0.05) is 18.7 Å². The molecular formula is C12H18N5O2+. The number of carbonyl (C=O) groups excluding carboxylic acids is 1. The Labute approximate surface area is 110 Å². The highest BCUT2D eigenvalue weighted by molar-refractivity contribution is 5.88. The van der Waals surface area contributed by atoms with Gasteiger partial charge in [0.05, 0.1) is 26.5 Å². The number of amides is 1. The predicted octanol–water partition coefficient (Wildman–Crippen LogP) is 0.416. The second-order valence-electron chi connectivity index (χ2n) is 5.58. The maximum absolute atomic E-state index is 12.1. The van der Waals surface area contributed by atoms with Gasteiger partial charge in [0.2, 0.25) is 11.9 Å². The number of aromatic amines is 2. The van der Waals surface area contributed by atoms with Crippen LogP contribution in [0.3, 0.4) is 0 Å². The minimum atomic E-state index is -0.277. The van der Waals surface area contributed by atoms with E-state index in [9.17, 15) is 9.59 Å². The standard InChI is InChI=1S/C12H17N5O2/c1-7(18)14-12-15-10-9(11(19)16-12)8(5-13-10)6-17(2,3)4/h5H,6H2,1-4H3,(H2-,13,14,15,16,18,19)/p+1. The molecule has 0 spiro atoms. The Morgan fingerprint density at radius 2 is 2.11 bits per heavy atom. The van der Waals surface area contributed by atoms with Gasteiger partial charge in [0.25, 0.3) is 5.56 Å². The monoisotopic (exact) mass is 264 g/mol. The maximum atomic E-state index is 12.1. The Bertz CT molecular complexity index is 677. The normalized spacial score (nSPS) is 11.8. The molecule has 3 N–H and O–H groups in total. The van der Waals surface area contributed by atoms with Gasteiger partial charge in [-0.15, -0.1) is 0 Å². The van der Waals surface area contributed by atoms with E-state index in [1.54, 1.807) is 6.20 Å². The molecule has 0 saturated heterocycles. The summed E-state index contributed by atoms with van der Waals surface area (Å²) in [6.07, 6.45) is 1.79. The second-order valence-corrected chi connectivity index (χ2v) is 5.58. The summed E-state index contributed by atoms with van der Waals surface area (Å²) in [7, 11) is 6.14. The fourth-order valence-corrected chi connectivity index (χ4v) is 1.96. The Morgan fingerprint density at radius 3 is 2.68 bits per heavy atom. The number of hydrogen-bond acceptors (Lipinski definition) is 3. The van der Waals surface area contributed by atoms with Crippen molar-refractivity contribution < 1.29 is 9.28 Å². The number of hydrogen-bond donors (Lipinski definition) is 3. The minimum absolute atomic E-state index is 0.156. The fourth-order valence-electron chi connectivity index (χ4n) is 1.96. The lowest BCUT2D eigenvalue weighted by Gasteiger charge is -2.23. The molecule has 0 aliphatic rings. The van der Waals surface area contributed by atoms with Crippen LogP contribution in [-0.4, -0.2) is 46.5 Å². The Kier molecular flexibility index (Phi) is 3.15. The van der Waals surface area contributed by atoms with Gasteiger partial charge in [-0.3, -0.25) is 19.9 Å². The third kappa shape index (κ3) is 3.00. The number of quaternary nitrogens is 1. The zero-order valence-corrected chi connectivity index (χ0v) is 11.5. The van der Waals surface area contributed by atoms with Crippen molar-refractivity contribution in [2.45, 2.75) is 13.5 Å². The molecule has 0 radical (unpaired) electrons. The highest BCUT2D eigenvalue weighted by atomic mass is 16.1. The van der Waals surface area contributed by atoms with Crippen LogP contribution in [0.4, 0.5) is 5.95 Å². The van der Waals surface area contributed by atoms with Crippen LogP contribution in [0.2, 0.25) is 0 Å². The van der Waals surface area contributed by atoms with Crippen molar-refractivity contribution in [1.29, 1.82) is 0 Å². The second kappa shape index (κ2) is 4.51. The van der Waals surface area contributed by atoms with Gasteiger partial charge in [-0.25, -0.2) is 0 Å². The van der Waals surface area contributed by atoms with E-state index in [1.807, 2.05) is 21.1 Å². The third-order valence-corrected chi connectivity index (χ3v) is 2.56. The van der Waals surface area contributed by atoms with Crippen LogP contribution in [0, 0.1) is 0 Å². The van der Waals surface area contributed by atoms with E-state index < -0.39 is 0 Å². The molecule has 0 saturated carbocycles. The van der Waals surface area contributed by atoms with Crippen molar-refractivity contribution in [2.75, 3.05) is 26.5 Å². The first kappa shape index (κ1) is 13.3. The van der Waals surface area contributed by atoms with Gasteiger partial charge in [0.15, 0.2) is 0 Å². The summed E-state index contributed by atoms with van der Waals surface area (Å²) in [6.45, 7) is 2.08. The predicted molar refractivity (Wildman–Crippen MR) is 72.8 cm³/mol. The number of rotatable bonds is 3. The first-order valence-electron chi connectivity index (χ1n) is 5.94. The van der Waals surface area contributed by atoms with E-state index in [-0.39, 0.29) is 17.4 Å². The van der Waals surface area contributed by atoms with Crippen molar-refractivity contribution in [3.05, 3.63) is 22.1 Å². The van der Waals surface area contributed by atoms with Crippen molar-refractivity contribution in [1.82, 2.24) is 15.0 Å². The molecule has 0 unspecified atom stereocenters. The van der Waals surface area contributed by atoms with E-state index >= 15 is 0 Å². The van der Waals surface area contributed by atoms with E-state index in [0.717, 1.165) is 5.56 Å². The van der Waals surface area contributed by atoms with Crippen LogP contribution >= 0.6 is 0 Å². The average molecular weight is 264 g/mol. The van der Waals surface area contributed by atoms with Gasteiger partial charge in [-0.2, -0.15) is 4.98 Å². The summed E-state index contributed by atoms with van der Waals surface area (Å²) in [6, 6.07) is 0. The molecule has 0 aliphatic heterocycles. The van der Waals surface area contributed by atoms with Crippen LogP contribution in [0.5, 0.6) is 0 Å². The summed E-state index contributed by atoms with van der Waals surface area (Å²) >= 11 is 0. The summed E-state index contributed by atoms with van der Waals surface area (Å²) in [5, 5.41) is 3.01. The van der Waals surface area contributed by atoms with Crippen molar-refractivity contribution in [3.8, 4) is 0 Å². The molecule has 0 fully saturated rings. The molecule has 7 heteroatoms. The quantitative estimate of drug-likeness (QED) is 0.701. The lowest BCUT2D eigenvalue weighted by Crippen LogP contribution is -2.33. The Hall–Kier alpha value is -2.15. The summed E-state index contributed by atoms with van der Waals surface area (Å²) in [5.74, 6) is -0.121. The van der Waals surface area contributed by atoms with E-state index in [1.165, 1.54) is 6.92 Å². The van der Waals surface area contributed by atoms with Crippen molar-refractivity contribution >= 4 is 22.9 Å². The zero-order valence-electron chi connectivity index (χ0n) is 11.5. The third-order valence-electron chi connectivity index (χ3n) is 2.56. The summed E-state index contributed by atoms with van der Waals surface area (Å²) in [4.78, 5) is 32.8. The number of carbonyl (C=O) groups is 1. The topological polar surface area (TPSA) is 90.6 Å². The fraction of sp³-hybridized carbons (Fsp3) is 0.417. The first-order valence-corrected chi connectivity index (χ1v) is 5.94. The molecule has 2 heterocycles. The number of H-pyrrole nitrogens is 2. The molecule has 1 amide bonds. The minimum Gasteiger partial charge on any atom is -0.345 e. The van der Waals surface area contributed by atoms with Gasteiger partial charge in [-0.05, 0) is 0 Å². The van der Waals surface area contributed by atoms with Gasteiger partial charge in [0.1, 0.15) is 12.2 Å². The molecule has 102 valence electrons. The maximum Gasteiger partial charge on any atom is 0.262 e. The Balaban J connectivity index is 2.50. The van der Waals surface area contributed by atoms with Crippen LogP contribution in [-0.2, 0) is 11.3 Å². The van der Waals surface area contributed by atoms with Crippen LogP contribution < -0.4 is 10.9 Å². The van der Waals surface area contributed by atoms with Gasteiger partial charge < -0.3 is 9.47 Å². The molecule has 7 nitrogen and oxygen atoms in total. The number of anilines is 1.